The predicted molar refractivity (Wildman–Crippen MR) is 307 cm³/mol. The third-order valence-electron chi connectivity index (χ3n) is 14.1. The molecule has 6 heteroatoms. The van der Waals surface area contributed by atoms with E-state index in [1.165, 1.54) is 238 Å². The second-order valence-electron chi connectivity index (χ2n) is 21.3. The molecule has 0 heterocycles. The molecule has 0 unspecified atom stereocenters. The molecular formula is C65H120O6. The average molecular weight is 998 g/mol. The summed E-state index contributed by atoms with van der Waals surface area (Å²) in [5.41, 5.74) is 0. The SMILES string of the molecule is CCCCC/C=C\C/C=C\CCCCCCCCCCCC(=O)O[C@H](COC(=O)CCCCCCCCCCC/C=C\CCCCCCCC)COC(=O)CCCCCCCCCCCCCCCCC. The Morgan fingerprint density at radius 1 is 0.282 bits per heavy atom. The Hall–Kier alpha value is -2.37. The molecule has 0 N–H and O–H groups in total. The molecule has 0 radical (unpaired) electrons. The minimum atomic E-state index is -0.773. The zero-order chi connectivity index (χ0) is 51.4. The van der Waals surface area contributed by atoms with Crippen LogP contribution in [0.5, 0.6) is 0 Å². The number of hydrogen-bond donors (Lipinski definition) is 0. The summed E-state index contributed by atoms with van der Waals surface area (Å²) in [5, 5.41) is 0. The summed E-state index contributed by atoms with van der Waals surface area (Å²) < 4.78 is 16.9. The molecular weight excluding hydrogens is 877 g/mol. The number of hydrogen-bond acceptors (Lipinski definition) is 6. The van der Waals surface area contributed by atoms with Crippen LogP contribution in [0.15, 0.2) is 36.5 Å². The first-order valence-corrected chi connectivity index (χ1v) is 31.5. The Balaban J connectivity index is 4.33. The molecule has 0 saturated carbocycles. The molecule has 0 fully saturated rings. The summed E-state index contributed by atoms with van der Waals surface area (Å²) in [6.07, 6.45) is 72.8. The number of esters is 3. The minimum absolute atomic E-state index is 0.0701. The van der Waals surface area contributed by atoms with E-state index in [-0.39, 0.29) is 31.1 Å². The van der Waals surface area contributed by atoms with Gasteiger partial charge in [-0.2, -0.15) is 0 Å². The van der Waals surface area contributed by atoms with Gasteiger partial charge in [-0.05, 0) is 77.0 Å². The molecule has 1 atom stereocenters. The highest BCUT2D eigenvalue weighted by Gasteiger charge is 2.19. The lowest BCUT2D eigenvalue weighted by Gasteiger charge is -2.18. The van der Waals surface area contributed by atoms with E-state index in [0.717, 1.165) is 64.2 Å². The van der Waals surface area contributed by atoms with Gasteiger partial charge in [-0.15, -0.1) is 0 Å². The molecule has 0 aromatic rings. The fourth-order valence-electron chi connectivity index (χ4n) is 9.35. The maximum Gasteiger partial charge on any atom is 0.306 e. The quantitative estimate of drug-likeness (QED) is 0.0261. The van der Waals surface area contributed by atoms with Gasteiger partial charge in [0.25, 0.3) is 0 Å². The first kappa shape index (κ1) is 68.6. The van der Waals surface area contributed by atoms with E-state index < -0.39 is 6.10 Å². The highest BCUT2D eigenvalue weighted by molar-refractivity contribution is 5.71. The Kier molecular flexibility index (Phi) is 58.2. The fraction of sp³-hybridized carbons (Fsp3) is 0.862. The highest BCUT2D eigenvalue weighted by Crippen LogP contribution is 2.17. The number of carbonyl (C=O) groups excluding carboxylic acids is 3. The summed E-state index contributed by atoms with van der Waals surface area (Å²) in [7, 11) is 0. The van der Waals surface area contributed by atoms with Crippen molar-refractivity contribution < 1.29 is 28.6 Å². The van der Waals surface area contributed by atoms with Gasteiger partial charge >= 0.3 is 17.9 Å². The topological polar surface area (TPSA) is 78.9 Å². The molecule has 0 aromatic carbocycles. The monoisotopic (exact) mass is 997 g/mol. The number of allylic oxidation sites excluding steroid dienone is 6. The van der Waals surface area contributed by atoms with Crippen LogP contribution in [-0.2, 0) is 28.6 Å². The van der Waals surface area contributed by atoms with Crippen LogP contribution in [0.1, 0.15) is 342 Å². The Morgan fingerprint density at radius 2 is 0.507 bits per heavy atom. The van der Waals surface area contributed by atoms with E-state index in [1.54, 1.807) is 0 Å². The molecule has 0 aromatic heterocycles. The van der Waals surface area contributed by atoms with E-state index in [4.69, 9.17) is 14.2 Å². The minimum Gasteiger partial charge on any atom is -0.462 e. The van der Waals surface area contributed by atoms with Crippen LogP contribution in [-0.4, -0.2) is 37.2 Å². The van der Waals surface area contributed by atoms with E-state index >= 15 is 0 Å². The number of ether oxygens (including phenoxy) is 3. The summed E-state index contributed by atoms with van der Waals surface area (Å²) in [6, 6.07) is 0. The van der Waals surface area contributed by atoms with E-state index in [2.05, 4.69) is 57.2 Å². The van der Waals surface area contributed by atoms with Crippen molar-refractivity contribution >= 4 is 17.9 Å². The number of unbranched alkanes of at least 4 members (excludes halogenated alkanes) is 41. The molecule has 0 amide bonds. The van der Waals surface area contributed by atoms with E-state index in [9.17, 15) is 14.4 Å². The van der Waals surface area contributed by atoms with E-state index in [0.29, 0.717) is 19.3 Å². The van der Waals surface area contributed by atoms with Gasteiger partial charge in [0, 0.05) is 19.3 Å². The first-order chi connectivity index (χ1) is 35.0. The van der Waals surface area contributed by atoms with Crippen molar-refractivity contribution in [3.05, 3.63) is 36.5 Å². The Labute approximate surface area is 442 Å². The standard InChI is InChI=1S/C65H120O6/c1-4-7-10-13-16-19-22-25-28-30-32-34-37-40-43-46-49-52-55-58-64(67)70-61-62(60-69-63(66)57-54-51-48-45-42-39-36-27-24-21-18-15-12-9-6-3)71-65(68)59-56-53-50-47-44-41-38-35-33-31-29-26-23-20-17-14-11-8-5-2/h17,20,25-26,28-29,62H,4-16,18-19,21-24,27,30-61H2,1-3H3/b20-17-,28-25-,29-26-/t62-/m0/s1. The predicted octanol–water partition coefficient (Wildman–Crippen LogP) is 21.2. The highest BCUT2D eigenvalue weighted by atomic mass is 16.6. The summed E-state index contributed by atoms with van der Waals surface area (Å²) >= 11 is 0. The lowest BCUT2D eigenvalue weighted by atomic mass is 10.0. The van der Waals surface area contributed by atoms with Gasteiger partial charge in [0.2, 0.25) is 0 Å². The second-order valence-corrected chi connectivity index (χ2v) is 21.3. The molecule has 71 heavy (non-hydrogen) atoms. The smallest absolute Gasteiger partial charge is 0.306 e. The molecule has 0 aliphatic heterocycles. The van der Waals surface area contributed by atoms with Crippen LogP contribution < -0.4 is 0 Å². The molecule has 6 nitrogen and oxygen atoms in total. The summed E-state index contributed by atoms with van der Waals surface area (Å²) in [4.78, 5) is 38.3. The first-order valence-electron chi connectivity index (χ1n) is 31.5. The maximum atomic E-state index is 12.9. The summed E-state index contributed by atoms with van der Waals surface area (Å²) in [5.74, 6) is -0.853. The lowest BCUT2D eigenvalue weighted by Crippen LogP contribution is -2.30. The van der Waals surface area contributed by atoms with E-state index in [1.807, 2.05) is 0 Å². The van der Waals surface area contributed by atoms with Crippen molar-refractivity contribution in [1.29, 1.82) is 0 Å². The normalized spacial score (nSPS) is 12.2. The number of carbonyl (C=O) groups is 3. The van der Waals surface area contributed by atoms with Crippen molar-refractivity contribution in [1.82, 2.24) is 0 Å². The van der Waals surface area contributed by atoms with Gasteiger partial charge in [-0.3, -0.25) is 14.4 Å². The van der Waals surface area contributed by atoms with Crippen LogP contribution in [0.2, 0.25) is 0 Å². The molecule has 0 aliphatic carbocycles. The zero-order valence-electron chi connectivity index (χ0n) is 47.8. The molecule has 0 bridgehead atoms. The fourth-order valence-corrected chi connectivity index (χ4v) is 9.35. The molecule has 0 spiro atoms. The van der Waals surface area contributed by atoms with Gasteiger partial charge in [0.1, 0.15) is 13.2 Å². The van der Waals surface area contributed by atoms with Crippen LogP contribution in [0.25, 0.3) is 0 Å². The van der Waals surface area contributed by atoms with Crippen molar-refractivity contribution in [3.8, 4) is 0 Å². The molecule has 416 valence electrons. The average Bonchev–Trinajstić information content (AvgIpc) is 3.37. The van der Waals surface area contributed by atoms with Gasteiger partial charge in [0.05, 0.1) is 0 Å². The Morgan fingerprint density at radius 3 is 0.817 bits per heavy atom. The maximum absolute atomic E-state index is 12.9. The summed E-state index contributed by atoms with van der Waals surface area (Å²) in [6.45, 7) is 6.66. The lowest BCUT2D eigenvalue weighted by molar-refractivity contribution is -0.167. The van der Waals surface area contributed by atoms with Gasteiger partial charge < -0.3 is 14.2 Å². The molecule has 0 rings (SSSR count). The third-order valence-corrected chi connectivity index (χ3v) is 14.1. The van der Waals surface area contributed by atoms with Gasteiger partial charge in [0.15, 0.2) is 6.10 Å². The van der Waals surface area contributed by atoms with Crippen LogP contribution >= 0.6 is 0 Å². The van der Waals surface area contributed by atoms with Gasteiger partial charge in [-0.1, -0.05) is 282 Å². The third kappa shape index (κ3) is 58.4. The van der Waals surface area contributed by atoms with Gasteiger partial charge in [-0.25, -0.2) is 0 Å². The van der Waals surface area contributed by atoms with Crippen molar-refractivity contribution in [3.63, 3.8) is 0 Å². The van der Waals surface area contributed by atoms with Crippen molar-refractivity contribution in [2.45, 2.75) is 348 Å². The molecule has 0 aliphatic rings. The van der Waals surface area contributed by atoms with Crippen LogP contribution in [0, 0.1) is 0 Å². The second kappa shape index (κ2) is 60.2. The zero-order valence-corrected chi connectivity index (χ0v) is 47.8. The van der Waals surface area contributed by atoms with Crippen LogP contribution in [0.3, 0.4) is 0 Å². The van der Waals surface area contributed by atoms with Crippen LogP contribution in [0.4, 0.5) is 0 Å². The Bertz CT molecular complexity index is 1190. The largest absolute Gasteiger partial charge is 0.462 e. The van der Waals surface area contributed by atoms with Crippen molar-refractivity contribution in [2.24, 2.45) is 0 Å². The van der Waals surface area contributed by atoms with Crippen molar-refractivity contribution in [2.75, 3.05) is 13.2 Å². The molecule has 0 saturated heterocycles. The number of rotatable bonds is 58.